The second-order valence-corrected chi connectivity index (χ2v) is 7.64. The van der Waals surface area contributed by atoms with E-state index in [9.17, 15) is 14.9 Å². The normalized spacial score (nSPS) is 12.2. The summed E-state index contributed by atoms with van der Waals surface area (Å²) in [5, 5.41) is 12.0. The Labute approximate surface area is 180 Å². The lowest BCUT2D eigenvalue weighted by atomic mass is 10.1. The fourth-order valence-electron chi connectivity index (χ4n) is 3.34. The van der Waals surface area contributed by atoms with Crippen LogP contribution in [-0.4, -0.2) is 29.2 Å². The minimum Gasteiger partial charge on any atom is -0.454 e. The van der Waals surface area contributed by atoms with E-state index in [0.29, 0.717) is 33.7 Å². The van der Waals surface area contributed by atoms with Crippen molar-refractivity contribution in [1.29, 1.82) is 0 Å². The third kappa shape index (κ3) is 3.68. The number of benzene rings is 2. The second-order valence-electron chi connectivity index (χ2n) is 6.78. The Balaban J connectivity index is 1.83. The van der Waals surface area contributed by atoms with Crippen LogP contribution >= 0.6 is 15.9 Å². The Morgan fingerprint density at radius 1 is 1.23 bits per heavy atom. The SMILES string of the molecule is CCCCN(C(=O)c1cc([N+](=O)[O-])ccc1Br)c1ccnc2cc3c(cc12)OCO3. The van der Waals surface area contributed by atoms with Crippen molar-refractivity contribution in [3.05, 3.63) is 62.7 Å². The highest BCUT2D eigenvalue weighted by atomic mass is 79.9. The number of carbonyl (C=O) groups is 1. The third-order valence-corrected chi connectivity index (χ3v) is 5.57. The van der Waals surface area contributed by atoms with Crippen LogP contribution in [0.4, 0.5) is 11.4 Å². The molecule has 4 rings (SSSR count). The highest BCUT2D eigenvalue weighted by molar-refractivity contribution is 9.10. The number of nitro benzene ring substituents is 1. The van der Waals surface area contributed by atoms with Crippen LogP contribution in [0.2, 0.25) is 0 Å². The molecule has 0 unspecified atom stereocenters. The van der Waals surface area contributed by atoms with E-state index in [2.05, 4.69) is 20.9 Å². The summed E-state index contributed by atoms with van der Waals surface area (Å²) in [4.78, 5) is 30.3. The molecule has 1 aliphatic rings. The first-order valence-electron chi connectivity index (χ1n) is 9.43. The standard InChI is InChI=1S/C21H18BrN3O5/c1-2-3-8-24(21(26)14-9-13(25(27)28)4-5-16(14)22)18-6-7-23-17-11-20-19(10-15(17)18)29-12-30-20/h4-7,9-11H,2-3,8,12H2,1H3. The van der Waals surface area contributed by atoms with E-state index in [0.717, 1.165) is 18.2 Å². The molecule has 8 nitrogen and oxygen atoms in total. The summed E-state index contributed by atoms with van der Waals surface area (Å²) in [5.41, 5.74) is 1.42. The molecule has 0 saturated heterocycles. The summed E-state index contributed by atoms with van der Waals surface area (Å²) >= 11 is 3.36. The fourth-order valence-corrected chi connectivity index (χ4v) is 3.76. The number of halogens is 1. The van der Waals surface area contributed by atoms with E-state index in [1.54, 1.807) is 23.2 Å². The highest BCUT2D eigenvalue weighted by Crippen LogP contribution is 2.39. The number of anilines is 1. The zero-order valence-electron chi connectivity index (χ0n) is 16.1. The van der Waals surface area contributed by atoms with Gasteiger partial charge in [-0.05, 0) is 40.5 Å². The van der Waals surface area contributed by atoms with Gasteiger partial charge in [-0.1, -0.05) is 13.3 Å². The maximum absolute atomic E-state index is 13.5. The summed E-state index contributed by atoms with van der Waals surface area (Å²) in [6, 6.07) is 9.54. The Morgan fingerprint density at radius 2 is 2.00 bits per heavy atom. The smallest absolute Gasteiger partial charge is 0.270 e. The maximum Gasteiger partial charge on any atom is 0.270 e. The van der Waals surface area contributed by atoms with Crippen molar-refractivity contribution in [2.75, 3.05) is 18.2 Å². The number of non-ortho nitro benzene ring substituents is 1. The monoisotopic (exact) mass is 471 g/mol. The van der Waals surface area contributed by atoms with Gasteiger partial charge < -0.3 is 14.4 Å². The first kappa shape index (κ1) is 20.1. The minimum atomic E-state index is -0.512. The van der Waals surface area contributed by atoms with Gasteiger partial charge in [0.2, 0.25) is 6.79 Å². The molecule has 2 heterocycles. The van der Waals surface area contributed by atoms with Crippen molar-refractivity contribution < 1.29 is 19.2 Å². The van der Waals surface area contributed by atoms with Crippen molar-refractivity contribution in [3.63, 3.8) is 0 Å². The largest absolute Gasteiger partial charge is 0.454 e. The van der Waals surface area contributed by atoms with Gasteiger partial charge in [0.15, 0.2) is 11.5 Å². The number of nitrogens with zero attached hydrogens (tertiary/aromatic N) is 3. The zero-order valence-corrected chi connectivity index (χ0v) is 17.7. The number of pyridine rings is 1. The Bertz CT molecular complexity index is 1150. The number of carbonyl (C=O) groups excluding carboxylic acids is 1. The van der Waals surface area contributed by atoms with Crippen LogP contribution in [0.15, 0.2) is 47.1 Å². The van der Waals surface area contributed by atoms with Crippen LogP contribution < -0.4 is 14.4 Å². The summed E-state index contributed by atoms with van der Waals surface area (Å²) < 4.78 is 11.4. The Morgan fingerprint density at radius 3 is 2.73 bits per heavy atom. The molecule has 30 heavy (non-hydrogen) atoms. The Hall–Kier alpha value is -3.20. The van der Waals surface area contributed by atoms with Gasteiger partial charge in [-0.15, -0.1) is 0 Å². The van der Waals surface area contributed by atoms with E-state index >= 15 is 0 Å². The molecule has 2 aromatic carbocycles. The molecule has 9 heteroatoms. The molecule has 0 radical (unpaired) electrons. The van der Waals surface area contributed by atoms with E-state index < -0.39 is 4.92 Å². The summed E-state index contributed by atoms with van der Waals surface area (Å²) in [6.07, 6.45) is 3.29. The van der Waals surface area contributed by atoms with E-state index in [1.165, 1.54) is 18.2 Å². The number of amides is 1. The topological polar surface area (TPSA) is 94.8 Å². The fraction of sp³-hybridized carbons (Fsp3) is 0.238. The molecular formula is C21H18BrN3O5. The summed E-state index contributed by atoms with van der Waals surface area (Å²) in [5.74, 6) is 0.875. The number of hydrogen-bond donors (Lipinski definition) is 0. The van der Waals surface area contributed by atoms with E-state index in [4.69, 9.17) is 9.47 Å². The predicted octanol–water partition coefficient (Wildman–Crippen LogP) is 5.08. The van der Waals surface area contributed by atoms with Crippen LogP contribution in [0.25, 0.3) is 10.9 Å². The molecule has 0 N–H and O–H groups in total. The van der Waals surface area contributed by atoms with Gasteiger partial charge in [0.25, 0.3) is 11.6 Å². The van der Waals surface area contributed by atoms with Crippen LogP contribution in [0.3, 0.4) is 0 Å². The van der Waals surface area contributed by atoms with Gasteiger partial charge >= 0.3 is 0 Å². The van der Waals surface area contributed by atoms with E-state index in [-0.39, 0.29) is 24.0 Å². The number of hydrogen-bond acceptors (Lipinski definition) is 6. The zero-order chi connectivity index (χ0) is 21.3. The second kappa shape index (κ2) is 8.27. The third-order valence-electron chi connectivity index (χ3n) is 4.88. The Kier molecular flexibility index (Phi) is 5.54. The first-order valence-corrected chi connectivity index (χ1v) is 10.2. The lowest BCUT2D eigenvalue weighted by Crippen LogP contribution is -2.32. The summed E-state index contributed by atoms with van der Waals surface area (Å²) in [7, 11) is 0. The highest BCUT2D eigenvalue weighted by Gasteiger charge is 2.25. The van der Waals surface area contributed by atoms with E-state index in [1.807, 2.05) is 13.0 Å². The first-order chi connectivity index (χ1) is 14.5. The maximum atomic E-state index is 13.5. The van der Waals surface area contributed by atoms with Crippen LogP contribution in [0, 0.1) is 10.1 Å². The van der Waals surface area contributed by atoms with Gasteiger partial charge in [0.1, 0.15) is 0 Å². The average Bonchev–Trinajstić information content (AvgIpc) is 3.20. The number of fused-ring (bicyclic) bond motifs is 2. The average molecular weight is 472 g/mol. The van der Waals surface area contributed by atoms with Crippen molar-refractivity contribution in [2.24, 2.45) is 0 Å². The number of nitro groups is 1. The lowest BCUT2D eigenvalue weighted by Gasteiger charge is -2.24. The molecule has 1 aromatic heterocycles. The van der Waals surface area contributed by atoms with Crippen molar-refractivity contribution >= 4 is 44.1 Å². The lowest BCUT2D eigenvalue weighted by molar-refractivity contribution is -0.384. The van der Waals surface area contributed by atoms with Gasteiger partial charge in [-0.25, -0.2) is 0 Å². The summed E-state index contributed by atoms with van der Waals surface area (Å²) in [6.45, 7) is 2.63. The molecule has 0 bridgehead atoms. The molecule has 154 valence electrons. The predicted molar refractivity (Wildman–Crippen MR) is 115 cm³/mol. The van der Waals surface area contributed by atoms with Crippen LogP contribution in [-0.2, 0) is 0 Å². The molecule has 0 fully saturated rings. The number of rotatable bonds is 6. The van der Waals surface area contributed by atoms with Crippen molar-refractivity contribution in [3.8, 4) is 11.5 Å². The van der Waals surface area contributed by atoms with Gasteiger partial charge in [0.05, 0.1) is 21.7 Å². The van der Waals surface area contributed by atoms with Crippen molar-refractivity contribution in [2.45, 2.75) is 19.8 Å². The van der Waals surface area contributed by atoms with Gasteiger partial charge in [-0.3, -0.25) is 19.9 Å². The number of unbranched alkanes of at least 4 members (excludes halogenated alkanes) is 1. The molecular weight excluding hydrogens is 454 g/mol. The molecule has 0 saturated carbocycles. The number of ether oxygens (including phenoxy) is 2. The van der Waals surface area contributed by atoms with Gasteiger partial charge in [0, 0.05) is 40.8 Å². The van der Waals surface area contributed by atoms with Crippen LogP contribution in [0.5, 0.6) is 11.5 Å². The van der Waals surface area contributed by atoms with Crippen LogP contribution in [0.1, 0.15) is 30.1 Å². The molecule has 3 aromatic rings. The minimum absolute atomic E-state index is 0.139. The van der Waals surface area contributed by atoms with Crippen molar-refractivity contribution in [1.82, 2.24) is 4.98 Å². The molecule has 0 spiro atoms. The molecule has 0 aliphatic carbocycles. The quantitative estimate of drug-likeness (QED) is 0.367. The number of aromatic nitrogens is 1. The van der Waals surface area contributed by atoms with Gasteiger partial charge in [-0.2, -0.15) is 0 Å². The molecule has 1 aliphatic heterocycles. The molecule has 0 atom stereocenters. The molecule has 1 amide bonds.